The Balaban J connectivity index is 1.67. The van der Waals surface area contributed by atoms with Gasteiger partial charge in [0.05, 0.1) is 25.2 Å². The quantitative estimate of drug-likeness (QED) is 0.637. The Labute approximate surface area is 184 Å². The number of carbonyl (C=O) groups excluding carboxylic acids is 2. The van der Waals surface area contributed by atoms with E-state index in [2.05, 4.69) is 5.32 Å². The first-order chi connectivity index (χ1) is 15.0. The Bertz CT molecular complexity index is 1090. The van der Waals surface area contributed by atoms with Gasteiger partial charge in [-0.2, -0.15) is 0 Å². The summed E-state index contributed by atoms with van der Waals surface area (Å²) in [7, 11) is 0. The van der Waals surface area contributed by atoms with Gasteiger partial charge in [0.2, 0.25) is 5.91 Å². The molecule has 0 saturated carbocycles. The number of amides is 2. The van der Waals surface area contributed by atoms with Crippen LogP contribution in [0.1, 0.15) is 21.5 Å². The van der Waals surface area contributed by atoms with Crippen molar-refractivity contribution < 1.29 is 18.7 Å². The molecule has 0 unspecified atom stereocenters. The van der Waals surface area contributed by atoms with Gasteiger partial charge in [-0.1, -0.05) is 48.5 Å². The van der Waals surface area contributed by atoms with E-state index < -0.39 is 5.82 Å². The van der Waals surface area contributed by atoms with Crippen LogP contribution in [0.2, 0.25) is 0 Å². The average molecular weight is 439 g/mol. The summed E-state index contributed by atoms with van der Waals surface area (Å²) in [5.41, 5.74) is 2.62. The molecule has 4 rings (SSSR count). The van der Waals surface area contributed by atoms with Crippen molar-refractivity contribution in [2.24, 2.45) is 0 Å². The molecule has 0 atom stereocenters. The summed E-state index contributed by atoms with van der Waals surface area (Å²) < 4.78 is 19.3. The first-order valence-corrected chi connectivity index (χ1v) is 11.0. The van der Waals surface area contributed by atoms with E-state index in [1.165, 1.54) is 17.4 Å². The fourth-order valence-electron chi connectivity index (χ4n) is 3.63. The molecule has 1 fully saturated rings. The van der Waals surface area contributed by atoms with Crippen LogP contribution in [0.5, 0.6) is 0 Å². The molecule has 2 amide bonds. The summed E-state index contributed by atoms with van der Waals surface area (Å²) in [5.74, 6) is -0.906. The van der Waals surface area contributed by atoms with E-state index >= 15 is 0 Å². The lowest BCUT2D eigenvalue weighted by atomic mass is 10.1. The van der Waals surface area contributed by atoms with Gasteiger partial charge in [0.25, 0.3) is 5.91 Å². The molecule has 0 aliphatic carbocycles. The number of rotatable bonds is 5. The summed E-state index contributed by atoms with van der Waals surface area (Å²) in [6, 6.07) is 16.0. The normalized spacial score (nSPS) is 13.8. The van der Waals surface area contributed by atoms with Gasteiger partial charge in [-0.25, -0.2) is 4.39 Å². The SMILES string of the molecule is Cc1c(-c2ccccc2)sc(NC(=O)Cc2ccccc2F)c1C(=O)N1CCOCC1. The highest BCUT2D eigenvalue weighted by atomic mass is 32.1. The van der Waals surface area contributed by atoms with Gasteiger partial charge >= 0.3 is 0 Å². The van der Waals surface area contributed by atoms with Gasteiger partial charge in [0.15, 0.2) is 0 Å². The van der Waals surface area contributed by atoms with Gasteiger partial charge < -0.3 is 15.0 Å². The highest BCUT2D eigenvalue weighted by molar-refractivity contribution is 7.20. The van der Waals surface area contributed by atoms with Crippen molar-refractivity contribution >= 4 is 28.2 Å². The monoisotopic (exact) mass is 438 g/mol. The summed E-state index contributed by atoms with van der Waals surface area (Å²) in [4.78, 5) is 28.8. The number of ether oxygens (including phenoxy) is 1. The predicted octanol–water partition coefficient (Wildman–Crippen LogP) is 4.52. The summed E-state index contributed by atoms with van der Waals surface area (Å²) >= 11 is 1.37. The molecule has 2 heterocycles. The molecular formula is C24H23FN2O3S. The number of nitrogens with one attached hydrogen (secondary N) is 1. The Kier molecular flexibility index (Phi) is 6.44. The van der Waals surface area contributed by atoms with E-state index in [9.17, 15) is 14.0 Å². The topological polar surface area (TPSA) is 58.6 Å². The minimum Gasteiger partial charge on any atom is -0.378 e. The molecule has 1 aliphatic heterocycles. The van der Waals surface area contributed by atoms with E-state index in [1.807, 2.05) is 37.3 Å². The van der Waals surface area contributed by atoms with Gasteiger partial charge in [-0.05, 0) is 29.7 Å². The van der Waals surface area contributed by atoms with Crippen molar-refractivity contribution in [3.05, 3.63) is 77.1 Å². The largest absolute Gasteiger partial charge is 0.378 e. The third-order valence-electron chi connectivity index (χ3n) is 5.26. The van der Waals surface area contributed by atoms with Crippen molar-refractivity contribution in [3.8, 4) is 10.4 Å². The van der Waals surface area contributed by atoms with E-state index in [0.29, 0.717) is 42.4 Å². The van der Waals surface area contributed by atoms with E-state index in [1.54, 1.807) is 23.1 Å². The predicted molar refractivity (Wildman–Crippen MR) is 120 cm³/mol. The van der Waals surface area contributed by atoms with Crippen LogP contribution in [-0.4, -0.2) is 43.0 Å². The summed E-state index contributed by atoms with van der Waals surface area (Å²) in [6.45, 7) is 3.92. The molecule has 3 aromatic rings. The minimum atomic E-state index is -0.422. The van der Waals surface area contributed by atoms with Crippen LogP contribution in [-0.2, 0) is 16.0 Å². The second-order valence-corrected chi connectivity index (χ2v) is 8.37. The lowest BCUT2D eigenvalue weighted by Gasteiger charge is -2.27. The first-order valence-electron chi connectivity index (χ1n) is 10.1. The number of carbonyl (C=O) groups is 2. The number of nitrogens with zero attached hydrogens (tertiary/aromatic N) is 1. The van der Waals surface area contributed by atoms with Crippen LogP contribution in [0.3, 0.4) is 0 Å². The Morgan fingerprint density at radius 1 is 1.06 bits per heavy atom. The molecule has 160 valence electrons. The van der Waals surface area contributed by atoms with Gasteiger partial charge in [0.1, 0.15) is 10.8 Å². The van der Waals surface area contributed by atoms with Crippen LogP contribution in [0.15, 0.2) is 54.6 Å². The van der Waals surface area contributed by atoms with Crippen molar-refractivity contribution in [2.75, 3.05) is 31.6 Å². The molecule has 7 heteroatoms. The molecule has 0 bridgehead atoms. The second kappa shape index (κ2) is 9.41. The molecule has 0 spiro atoms. The second-order valence-electron chi connectivity index (χ2n) is 7.35. The number of hydrogen-bond acceptors (Lipinski definition) is 4. The molecule has 0 radical (unpaired) electrons. The average Bonchev–Trinajstić information content (AvgIpc) is 3.11. The van der Waals surface area contributed by atoms with E-state index in [4.69, 9.17) is 4.74 Å². The van der Waals surface area contributed by atoms with Crippen molar-refractivity contribution in [1.29, 1.82) is 0 Å². The molecule has 1 saturated heterocycles. The molecule has 1 aliphatic rings. The van der Waals surface area contributed by atoms with Crippen LogP contribution < -0.4 is 5.32 Å². The third-order valence-corrected chi connectivity index (χ3v) is 6.51. The molecule has 1 aromatic heterocycles. The van der Waals surface area contributed by atoms with Crippen LogP contribution in [0.4, 0.5) is 9.39 Å². The zero-order valence-corrected chi connectivity index (χ0v) is 18.0. The molecule has 5 nitrogen and oxygen atoms in total. The first kappa shape index (κ1) is 21.2. The maximum Gasteiger partial charge on any atom is 0.257 e. The molecule has 2 aromatic carbocycles. The van der Waals surface area contributed by atoms with Crippen LogP contribution in [0.25, 0.3) is 10.4 Å². The Morgan fingerprint density at radius 2 is 1.74 bits per heavy atom. The van der Waals surface area contributed by atoms with E-state index in [-0.39, 0.29) is 18.2 Å². The number of anilines is 1. The van der Waals surface area contributed by atoms with Crippen molar-refractivity contribution in [3.63, 3.8) is 0 Å². The van der Waals surface area contributed by atoms with Gasteiger partial charge in [-0.15, -0.1) is 11.3 Å². The maximum absolute atomic E-state index is 14.0. The lowest BCUT2D eigenvalue weighted by Crippen LogP contribution is -2.41. The third kappa shape index (κ3) is 4.68. The minimum absolute atomic E-state index is 0.102. The van der Waals surface area contributed by atoms with Gasteiger partial charge in [0, 0.05) is 18.0 Å². The van der Waals surface area contributed by atoms with E-state index in [0.717, 1.165) is 16.0 Å². The van der Waals surface area contributed by atoms with Crippen molar-refractivity contribution in [2.45, 2.75) is 13.3 Å². The zero-order valence-electron chi connectivity index (χ0n) is 17.2. The molecule has 1 N–H and O–H groups in total. The summed E-state index contributed by atoms with van der Waals surface area (Å²) in [5, 5.41) is 3.37. The number of hydrogen-bond donors (Lipinski definition) is 1. The lowest BCUT2D eigenvalue weighted by molar-refractivity contribution is -0.115. The number of thiophene rings is 1. The van der Waals surface area contributed by atoms with Crippen LogP contribution in [0, 0.1) is 12.7 Å². The summed E-state index contributed by atoms with van der Waals surface area (Å²) in [6.07, 6.45) is -0.102. The fourth-order valence-corrected chi connectivity index (χ4v) is 4.85. The van der Waals surface area contributed by atoms with Gasteiger partial charge in [-0.3, -0.25) is 9.59 Å². The highest BCUT2D eigenvalue weighted by Crippen LogP contribution is 2.40. The highest BCUT2D eigenvalue weighted by Gasteiger charge is 2.28. The number of benzene rings is 2. The van der Waals surface area contributed by atoms with Crippen LogP contribution >= 0.6 is 11.3 Å². The number of morpholine rings is 1. The molecular weight excluding hydrogens is 415 g/mol. The maximum atomic E-state index is 14.0. The molecule has 31 heavy (non-hydrogen) atoms. The smallest absolute Gasteiger partial charge is 0.257 e. The van der Waals surface area contributed by atoms with Crippen molar-refractivity contribution in [1.82, 2.24) is 4.90 Å². The standard InChI is InChI=1S/C24H23FN2O3S/c1-16-21(24(29)27-11-13-30-14-12-27)23(31-22(16)17-7-3-2-4-8-17)26-20(28)15-18-9-5-6-10-19(18)25/h2-10H,11-15H2,1H3,(H,26,28). The Hall–Kier alpha value is -3.03. The number of halogens is 1. The zero-order chi connectivity index (χ0) is 21.8. The Morgan fingerprint density at radius 3 is 2.45 bits per heavy atom. The fraction of sp³-hybridized carbons (Fsp3) is 0.250.